The Balaban J connectivity index is 1.90. The molecule has 0 aliphatic heterocycles. The van der Waals surface area contributed by atoms with Gasteiger partial charge in [-0.3, -0.25) is 0 Å². The Morgan fingerprint density at radius 2 is 2.33 bits per heavy atom. The molecule has 0 spiro atoms. The van der Waals surface area contributed by atoms with E-state index in [1.807, 2.05) is 12.1 Å². The molecule has 1 unspecified atom stereocenters. The molecule has 4 heteroatoms. The SMILES string of the molecule is CC(Cc1cccs1)Nc1cccnn1. The average molecular weight is 219 g/mol. The molecular weight excluding hydrogens is 206 g/mol. The van der Waals surface area contributed by atoms with E-state index in [4.69, 9.17) is 0 Å². The van der Waals surface area contributed by atoms with E-state index in [0.29, 0.717) is 6.04 Å². The van der Waals surface area contributed by atoms with E-state index in [0.717, 1.165) is 12.2 Å². The van der Waals surface area contributed by atoms with Crippen molar-refractivity contribution in [3.05, 3.63) is 40.7 Å². The Morgan fingerprint density at radius 3 is 3.00 bits per heavy atom. The number of rotatable bonds is 4. The largest absolute Gasteiger partial charge is 0.366 e. The molecule has 0 aliphatic rings. The van der Waals surface area contributed by atoms with Gasteiger partial charge in [-0.25, -0.2) is 0 Å². The molecule has 2 aromatic rings. The van der Waals surface area contributed by atoms with Crippen molar-refractivity contribution in [2.45, 2.75) is 19.4 Å². The zero-order chi connectivity index (χ0) is 10.5. The first-order valence-electron chi connectivity index (χ1n) is 4.91. The van der Waals surface area contributed by atoms with Gasteiger partial charge in [0.2, 0.25) is 0 Å². The quantitative estimate of drug-likeness (QED) is 0.858. The predicted octanol–water partition coefficient (Wildman–Crippen LogP) is 2.58. The van der Waals surface area contributed by atoms with Gasteiger partial charge in [0.25, 0.3) is 0 Å². The third-order valence-corrected chi connectivity index (χ3v) is 2.95. The molecule has 1 N–H and O–H groups in total. The van der Waals surface area contributed by atoms with Crippen LogP contribution in [0, 0.1) is 0 Å². The van der Waals surface area contributed by atoms with Gasteiger partial charge in [0.1, 0.15) is 5.82 Å². The summed E-state index contributed by atoms with van der Waals surface area (Å²) in [5, 5.41) is 13.2. The molecule has 15 heavy (non-hydrogen) atoms. The van der Waals surface area contributed by atoms with E-state index in [1.54, 1.807) is 17.5 Å². The third kappa shape index (κ3) is 3.02. The van der Waals surface area contributed by atoms with Crippen molar-refractivity contribution in [1.29, 1.82) is 0 Å². The number of aromatic nitrogens is 2. The van der Waals surface area contributed by atoms with Crippen molar-refractivity contribution in [2.24, 2.45) is 0 Å². The summed E-state index contributed by atoms with van der Waals surface area (Å²) < 4.78 is 0. The fourth-order valence-corrected chi connectivity index (χ4v) is 2.25. The molecule has 0 aromatic carbocycles. The second kappa shape index (κ2) is 4.89. The van der Waals surface area contributed by atoms with Crippen LogP contribution in [0.2, 0.25) is 0 Å². The fourth-order valence-electron chi connectivity index (χ4n) is 1.41. The predicted molar refractivity (Wildman–Crippen MR) is 63.1 cm³/mol. The van der Waals surface area contributed by atoms with Gasteiger partial charge in [-0.1, -0.05) is 6.07 Å². The molecule has 2 heterocycles. The Kier molecular flexibility index (Phi) is 3.29. The van der Waals surface area contributed by atoms with E-state index in [9.17, 15) is 0 Å². The van der Waals surface area contributed by atoms with Crippen molar-refractivity contribution in [2.75, 3.05) is 5.32 Å². The standard InChI is InChI=1S/C11H13N3S/c1-9(8-10-4-3-7-15-10)13-11-5-2-6-12-14-11/h2-7,9H,8H2,1H3,(H,13,14). The lowest BCUT2D eigenvalue weighted by Gasteiger charge is -2.12. The molecule has 3 nitrogen and oxygen atoms in total. The maximum absolute atomic E-state index is 3.99. The highest BCUT2D eigenvalue weighted by atomic mass is 32.1. The smallest absolute Gasteiger partial charge is 0.148 e. The van der Waals surface area contributed by atoms with Crippen LogP contribution in [0.15, 0.2) is 35.8 Å². The summed E-state index contributed by atoms with van der Waals surface area (Å²) >= 11 is 1.79. The van der Waals surface area contributed by atoms with Crippen molar-refractivity contribution in [1.82, 2.24) is 10.2 Å². The Morgan fingerprint density at radius 1 is 1.40 bits per heavy atom. The van der Waals surface area contributed by atoms with Crippen LogP contribution in [-0.4, -0.2) is 16.2 Å². The van der Waals surface area contributed by atoms with Gasteiger partial charge in [-0.15, -0.1) is 16.4 Å². The van der Waals surface area contributed by atoms with Crippen LogP contribution >= 0.6 is 11.3 Å². The molecule has 2 aromatic heterocycles. The normalized spacial score (nSPS) is 12.3. The topological polar surface area (TPSA) is 37.8 Å². The first-order chi connectivity index (χ1) is 7.34. The monoisotopic (exact) mass is 219 g/mol. The number of hydrogen-bond acceptors (Lipinski definition) is 4. The molecule has 0 saturated carbocycles. The van der Waals surface area contributed by atoms with Gasteiger partial charge in [0, 0.05) is 23.5 Å². The molecular formula is C11H13N3S. The minimum absolute atomic E-state index is 0.375. The average Bonchev–Trinajstić information content (AvgIpc) is 2.71. The zero-order valence-corrected chi connectivity index (χ0v) is 9.37. The van der Waals surface area contributed by atoms with Crippen LogP contribution in [0.4, 0.5) is 5.82 Å². The Labute approximate surface area is 93.2 Å². The van der Waals surface area contributed by atoms with E-state index >= 15 is 0 Å². The van der Waals surface area contributed by atoms with Gasteiger partial charge in [0.05, 0.1) is 0 Å². The lowest BCUT2D eigenvalue weighted by molar-refractivity contribution is 0.788. The summed E-state index contributed by atoms with van der Waals surface area (Å²) in [7, 11) is 0. The lowest BCUT2D eigenvalue weighted by atomic mass is 10.2. The minimum atomic E-state index is 0.375. The highest BCUT2D eigenvalue weighted by Gasteiger charge is 2.04. The lowest BCUT2D eigenvalue weighted by Crippen LogP contribution is -2.18. The van der Waals surface area contributed by atoms with Crippen LogP contribution in [0.5, 0.6) is 0 Å². The van der Waals surface area contributed by atoms with Crippen LogP contribution < -0.4 is 5.32 Å². The first-order valence-corrected chi connectivity index (χ1v) is 5.79. The van der Waals surface area contributed by atoms with Gasteiger partial charge in [0.15, 0.2) is 0 Å². The van der Waals surface area contributed by atoms with Gasteiger partial charge in [-0.2, -0.15) is 5.10 Å². The summed E-state index contributed by atoms with van der Waals surface area (Å²) in [5.74, 6) is 0.835. The van der Waals surface area contributed by atoms with Crippen molar-refractivity contribution in [3.63, 3.8) is 0 Å². The molecule has 0 radical (unpaired) electrons. The maximum atomic E-state index is 3.99. The van der Waals surface area contributed by atoms with Crippen LogP contribution in [0.1, 0.15) is 11.8 Å². The van der Waals surface area contributed by atoms with E-state index in [1.165, 1.54) is 4.88 Å². The number of thiophene rings is 1. The zero-order valence-electron chi connectivity index (χ0n) is 8.55. The summed E-state index contributed by atoms with van der Waals surface area (Å²) in [6.45, 7) is 2.15. The van der Waals surface area contributed by atoms with E-state index in [2.05, 4.69) is 40.0 Å². The molecule has 0 bridgehead atoms. The van der Waals surface area contributed by atoms with Crippen molar-refractivity contribution in [3.8, 4) is 0 Å². The number of nitrogens with zero attached hydrogens (tertiary/aromatic N) is 2. The van der Waals surface area contributed by atoms with E-state index < -0.39 is 0 Å². The summed E-state index contributed by atoms with van der Waals surface area (Å²) in [4.78, 5) is 1.39. The molecule has 0 saturated heterocycles. The summed E-state index contributed by atoms with van der Waals surface area (Å²) in [6.07, 6.45) is 2.70. The highest BCUT2D eigenvalue weighted by Crippen LogP contribution is 2.12. The Hall–Kier alpha value is -1.42. The molecule has 0 aliphatic carbocycles. The third-order valence-electron chi connectivity index (χ3n) is 2.05. The van der Waals surface area contributed by atoms with Gasteiger partial charge < -0.3 is 5.32 Å². The summed E-state index contributed by atoms with van der Waals surface area (Å²) in [6, 6.07) is 8.42. The number of hydrogen-bond donors (Lipinski definition) is 1. The van der Waals surface area contributed by atoms with Crippen molar-refractivity contribution >= 4 is 17.2 Å². The summed E-state index contributed by atoms with van der Waals surface area (Å²) in [5.41, 5.74) is 0. The second-order valence-corrected chi connectivity index (χ2v) is 4.47. The minimum Gasteiger partial charge on any atom is -0.366 e. The van der Waals surface area contributed by atoms with E-state index in [-0.39, 0.29) is 0 Å². The molecule has 78 valence electrons. The molecule has 0 fully saturated rings. The molecule has 2 rings (SSSR count). The number of anilines is 1. The Bertz CT molecular complexity index is 385. The highest BCUT2D eigenvalue weighted by molar-refractivity contribution is 7.09. The second-order valence-electron chi connectivity index (χ2n) is 3.44. The fraction of sp³-hybridized carbons (Fsp3) is 0.273. The van der Waals surface area contributed by atoms with Crippen LogP contribution in [-0.2, 0) is 6.42 Å². The van der Waals surface area contributed by atoms with Gasteiger partial charge >= 0.3 is 0 Å². The maximum Gasteiger partial charge on any atom is 0.148 e. The first kappa shape index (κ1) is 10.1. The van der Waals surface area contributed by atoms with Crippen LogP contribution in [0.3, 0.4) is 0 Å². The molecule has 1 atom stereocenters. The van der Waals surface area contributed by atoms with Gasteiger partial charge in [-0.05, 0) is 30.5 Å². The van der Waals surface area contributed by atoms with Crippen LogP contribution in [0.25, 0.3) is 0 Å². The number of nitrogens with one attached hydrogen (secondary N) is 1. The molecule has 0 amide bonds. The van der Waals surface area contributed by atoms with Crippen molar-refractivity contribution < 1.29 is 0 Å².